The van der Waals surface area contributed by atoms with Crippen LogP contribution >= 0.6 is 12.2 Å². The Kier molecular flexibility index (Phi) is 6.97. The first kappa shape index (κ1) is 25.4. The summed E-state index contributed by atoms with van der Waals surface area (Å²) in [5.41, 5.74) is 7.80. The molecule has 39 heavy (non-hydrogen) atoms. The van der Waals surface area contributed by atoms with Crippen LogP contribution < -0.4 is 19.9 Å². The lowest BCUT2D eigenvalue weighted by Crippen LogP contribution is -2.36. The molecule has 0 saturated carbocycles. The standard InChI is InChI=1S/C31H33N5O2S/c1-21-19-27(22(2)35(21)25-7-6-8-26(20-25)37-3)30-29(28-9-4-5-14-32-28)33-31(39)36(30)24-12-10-23(11-13-24)34-15-17-38-18-16-34/h4-14,19-20,29-30H,15-18H2,1-3H3,(H,33,39)/t29-,30+/m1/s1. The quantitative estimate of drug-likeness (QED) is 0.324. The Morgan fingerprint density at radius 1 is 0.923 bits per heavy atom. The zero-order chi connectivity index (χ0) is 26.9. The van der Waals surface area contributed by atoms with Gasteiger partial charge in [0.15, 0.2) is 5.11 Å². The van der Waals surface area contributed by atoms with Crippen LogP contribution in [0.2, 0.25) is 0 Å². The molecule has 200 valence electrons. The molecule has 2 atom stereocenters. The summed E-state index contributed by atoms with van der Waals surface area (Å²) in [5, 5.41) is 4.29. The Bertz CT molecular complexity index is 1460. The number of aryl methyl sites for hydroxylation is 1. The van der Waals surface area contributed by atoms with Crippen molar-refractivity contribution in [2.45, 2.75) is 25.9 Å². The van der Waals surface area contributed by atoms with E-state index in [2.05, 4.69) is 82.1 Å². The SMILES string of the molecule is COc1cccc(-n2c(C)cc([C@H]3[C@@H](c4ccccn4)NC(=S)N3c3ccc(N4CCOCC4)cc3)c2C)c1. The Hall–Kier alpha value is -3.88. The van der Waals surface area contributed by atoms with Crippen molar-refractivity contribution in [1.82, 2.24) is 14.9 Å². The molecule has 0 unspecified atom stereocenters. The number of aromatic nitrogens is 2. The van der Waals surface area contributed by atoms with Crippen LogP contribution in [0.3, 0.4) is 0 Å². The molecule has 8 heteroatoms. The second kappa shape index (κ2) is 10.7. The van der Waals surface area contributed by atoms with Crippen LogP contribution in [-0.4, -0.2) is 48.1 Å². The van der Waals surface area contributed by atoms with E-state index in [4.69, 9.17) is 26.7 Å². The summed E-state index contributed by atoms with van der Waals surface area (Å²) in [6.07, 6.45) is 1.84. The maximum atomic E-state index is 5.98. The number of hydrogen-bond donors (Lipinski definition) is 1. The lowest BCUT2D eigenvalue weighted by Gasteiger charge is -2.31. The third-order valence-corrected chi connectivity index (χ3v) is 8.02. The molecule has 2 aliphatic heterocycles. The number of ether oxygens (including phenoxy) is 2. The van der Waals surface area contributed by atoms with E-state index in [1.54, 1.807) is 7.11 Å². The van der Waals surface area contributed by atoms with Gasteiger partial charge in [0.05, 0.1) is 38.1 Å². The van der Waals surface area contributed by atoms with Crippen molar-refractivity contribution in [3.8, 4) is 11.4 Å². The minimum atomic E-state index is -0.100. The van der Waals surface area contributed by atoms with Gasteiger partial charge in [-0.1, -0.05) is 12.1 Å². The fourth-order valence-corrected chi connectivity index (χ4v) is 6.17. The topological polar surface area (TPSA) is 54.8 Å². The number of pyridine rings is 1. The monoisotopic (exact) mass is 539 g/mol. The molecule has 7 nitrogen and oxygen atoms in total. The summed E-state index contributed by atoms with van der Waals surface area (Å²) in [5.74, 6) is 0.832. The zero-order valence-electron chi connectivity index (χ0n) is 22.5. The molecule has 0 radical (unpaired) electrons. The summed E-state index contributed by atoms with van der Waals surface area (Å²) >= 11 is 5.98. The highest BCUT2D eigenvalue weighted by Crippen LogP contribution is 2.44. The number of hydrogen-bond acceptors (Lipinski definition) is 5. The van der Waals surface area contributed by atoms with Crippen molar-refractivity contribution in [3.05, 3.63) is 102 Å². The van der Waals surface area contributed by atoms with Crippen molar-refractivity contribution in [1.29, 1.82) is 0 Å². The summed E-state index contributed by atoms with van der Waals surface area (Å²) in [7, 11) is 1.70. The molecule has 0 spiro atoms. The van der Waals surface area contributed by atoms with Gasteiger partial charge in [-0.25, -0.2) is 0 Å². The molecule has 2 fully saturated rings. The van der Waals surface area contributed by atoms with E-state index in [1.807, 2.05) is 30.5 Å². The van der Waals surface area contributed by atoms with Crippen LogP contribution in [0.1, 0.15) is 34.7 Å². The third kappa shape index (κ3) is 4.75. The van der Waals surface area contributed by atoms with Gasteiger partial charge in [0, 0.05) is 53.8 Å². The number of anilines is 2. The number of methoxy groups -OCH3 is 1. The molecule has 1 N–H and O–H groups in total. The van der Waals surface area contributed by atoms with Crippen molar-refractivity contribution < 1.29 is 9.47 Å². The Morgan fingerprint density at radius 2 is 1.69 bits per heavy atom. The number of thiocarbonyl (C=S) groups is 1. The second-order valence-corrected chi connectivity index (χ2v) is 10.4. The predicted octanol–water partition coefficient (Wildman–Crippen LogP) is 5.51. The average molecular weight is 540 g/mol. The maximum Gasteiger partial charge on any atom is 0.174 e. The van der Waals surface area contributed by atoms with Crippen LogP contribution in [0, 0.1) is 13.8 Å². The molecule has 0 aliphatic carbocycles. The highest BCUT2D eigenvalue weighted by Gasteiger charge is 2.42. The van der Waals surface area contributed by atoms with Gasteiger partial charge in [-0.3, -0.25) is 4.98 Å². The molecule has 0 amide bonds. The van der Waals surface area contributed by atoms with Gasteiger partial charge in [0.1, 0.15) is 5.75 Å². The fraction of sp³-hybridized carbons (Fsp3) is 0.290. The molecule has 4 heterocycles. The van der Waals surface area contributed by atoms with Gasteiger partial charge in [-0.05, 0) is 86.2 Å². The molecule has 2 aromatic carbocycles. The first-order chi connectivity index (χ1) is 19.0. The summed E-state index contributed by atoms with van der Waals surface area (Å²) in [4.78, 5) is 9.33. The summed E-state index contributed by atoms with van der Waals surface area (Å²) < 4.78 is 13.3. The number of nitrogens with one attached hydrogen (secondary N) is 1. The maximum absolute atomic E-state index is 5.98. The van der Waals surface area contributed by atoms with Crippen molar-refractivity contribution >= 4 is 28.7 Å². The first-order valence-corrected chi connectivity index (χ1v) is 13.7. The highest BCUT2D eigenvalue weighted by atomic mass is 32.1. The van der Waals surface area contributed by atoms with Gasteiger partial charge in [0.2, 0.25) is 0 Å². The van der Waals surface area contributed by atoms with E-state index in [9.17, 15) is 0 Å². The lowest BCUT2D eigenvalue weighted by molar-refractivity contribution is 0.122. The molecular weight excluding hydrogens is 506 g/mol. The number of morpholine rings is 1. The molecule has 2 aromatic heterocycles. The van der Waals surface area contributed by atoms with Crippen molar-refractivity contribution in [2.24, 2.45) is 0 Å². The van der Waals surface area contributed by atoms with Gasteiger partial charge in [-0.15, -0.1) is 0 Å². The van der Waals surface area contributed by atoms with E-state index in [-0.39, 0.29) is 12.1 Å². The Morgan fingerprint density at radius 3 is 2.41 bits per heavy atom. The minimum absolute atomic E-state index is 0.0767. The largest absolute Gasteiger partial charge is 0.497 e. The van der Waals surface area contributed by atoms with E-state index >= 15 is 0 Å². The van der Waals surface area contributed by atoms with Gasteiger partial charge < -0.3 is 29.2 Å². The summed E-state index contributed by atoms with van der Waals surface area (Å²) in [6.45, 7) is 7.66. The number of benzene rings is 2. The Labute approximate surface area is 235 Å². The van der Waals surface area contributed by atoms with Crippen molar-refractivity contribution in [2.75, 3.05) is 43.2 Å². The van der Waals surface area contributed by atoms with Gasteiger partial charge in [-0.2, -0.15) is 0 Å². The lowest BCUT2D eigenvalue weighted by atomic mass is 9.96. The fourth-order valence-electron chi connectivity index (χ4n) is 5.83. The van der Waals surface area contributed by atoms with Crippen LogP contribution in [0.5, 0.6) is 5.75 Å². The molecule has 6 rings (SSSR count). The minimum Gasteiger partial charge on any atom is -0.497 e. The van der Waals surface area contributed by atoms with E-state index in [0.717, 1.165) is 60.5 Å². The van der Waals surface area contributed by atoms with Crippen LogP contribution in [0.25, 0.3) is 5.69 Å². The Balaban J connectivity index is 1.43. The van der Waals surface area contributed by atoms with Crippen LogP contribution in [0.4, 0.5) is 11.4 Å². The molecular formula is C31H33N5O2S. The highest BCUT2D eigenvalue weighted by molar-refractivity contribution is 7.80. The van der Waals surface area contributed by atoms with Crippen LogP contribution in [-0.2, 0) is 4.74 Å². The smallest absolute Gasteiger partial charge is 0.174 e. The zero-order valence-corrected chi connectivity index (χ0v) is 23.3. The van der Waals surface area contributed by atoms with E-state index in [0.29, 0.717) is 5.11 Å². The average Bonchev–Trinajstić information content (AvgIpc) is 3.48. The predicted molar refractivity (Wildman–Crippen MR) is 159 cm³/mol. The molecule has 4 aromatic rings. The van der Waals surface area contributed by atoms with Gasteiger partial charge >= 0.3 is 0 Å². The van der Waals surface area contributed by atoms with Crippen LogP contribution in [0.15, 0.2) is 79.0 Å². The molecule has 2 saturated heterocycles. The van der Waals surface area contributed by atoms with Gasteiger partial charge in [0.25, 0.3) is 0 Å². The first-order valence-electron chi connectivity index (χ1n) is 13.3. The number of rotatable bonds is 6. The van der Waals surface area contributed by atoms with Crippen molar-refractivity contribution in [3.63, 3.8) is 0 Å². The molecule has 0 bridgehead atoms. The van der Waals surface area contributed by atoms with E-state index in [1.165, 1.54) is 11.3 Å². The second-order valence-electron chi connectivity index (χ2n) is 9.98. The normalized spacial score (nSPS) is 19.3. The third-order valence-electron chi connectivity index (χ3n) is 7.70. The molecule has 2 aliphatic rings. The number of nitrogens with zero attached hydrogens (tertiary/aromatic N) is 4. The van der Waals surface area contributed by atoms with E-state index < -0.39 is 0 Å². The summed E-state index contributed by atoms with van der Waals surface area (Å²) in [6, 6.07) is 25.1.